The first-order valence-corrected chi connectivity index (χ1v) is 3.69. The van der Waals surface area contributed by atoms with E-state index >= 15 is 0 Å². The largest absolute Gasteiger partial charge is 0.510 e. The van der Waals surface area contributed by atoms with Crippen molar-refractivity contribution < 1.29 is 36.6 Å². The Morgan fingerprint density at radius 3 is 2.25 bits per heavy atom. The Balaban J connectivity index is 3.23. The molecular formula is C8H3F5O3. The second-order valence-electron chi connectivity index (χ2n) is 2.61. The topological polar surface area (TPSA) is 46.5 Å². The van der Waals surface area contributed by atoms with Gasteiger partial charge >= 0.3 is 12.3 Å². The summed E-state index contributed by atoms with van der Waals surface area (Å²) < 4.78 is 66.6. The van der Waals surface area contributed by atoms with Gasteiger partial charge in [-0.2, -0.15) is 8.78 Å². The SMILES string of the molecule is O=C(O)OC(F)(F)c1ccc(F)c(F)c1F. The van der Waals surface area contributed by atoms with Crippen LogP contribution >= 0.6 is 0 Å². The summed E-state index contributed by atoms with van der Waals surface area (Å²) in [6.07, 6.45) is -6.97. The average Bonchev–Trinajstić information content (AvgIpc) is 2.11. The van der Waals surface area contributed by atoms with Crippen LogP contribution in [0.25, 0.3) is 0 Å². The Hall–Kier alpha value is -1.86. The van der Waals surface area contributed by atoms with E-state index in [1.54, 1.807) is 0 Å². The van der Waals surface area contributed by atoms with Gasteiger partial charge in [0.05, 0.1) is 0 Å². The minimum absolute atomic E-state index is 0.191. The maximum Gasteiger partial charge on any atom is 0.510 e. The van der Waals surface area contributed by atoms with Crippen molar-refractivity contribution in [1.82, 2.24) is 0 Å². The van der Waals surface area contributed by atoms with Gasteiger partial charge in [0, 0.05) is 0 Å². The summed E-state index contributed by atoms with van der Waals surface area (Å²) in [6.45, 7) is 0. The molecule has 0 aliphatic rings. The fraction of sp³-hybridized carbons (Fsp3) is 0.125. The van der Waals surface area contributed by atoms with E-state index in [0.29, 0.717) is 0 Å². The highest BCUT2D eigenvalue weighted by molar-refractivity contribution is 5.57. The van der Waals surface area contributed by atoms with Crippen LogP contribution in [-0.2, 0) is 10.8 Å². The van der Waals surface area contributed by atoms with Gasteiger partial charge in [-0.25, -0.2) is 18.0 Å². The van der Waals surface area contributed by atoms with E-state index in [1.165, 1.54) is 0 Å². The molecule has 0 bridgehead atoms. The first-order chi connectivity index (χ1) is 7.25. The molecule has 0 spiro atoms. The number of carboxylic acid groups (broad SMARTS) is 1. The molecule has 3 nitrogen and oxygen atoms in total. The van der Waals surface area contributed by atoms with E-state index in [2.05, 4.69) is 4.74 Å². The summed E-state index contributed by atoms with van der Waals surface area (Å²) in [5, 5.41) is 7.93. The zero-order chi connectivity index (χ0) is 12.5. The molecule has 0 atom stereocenters. The van der Waals surface area contributed by atoms with Gasteiger partial charge < -0.3 is 9.84 Å². The van der Waals surface area contributed by atoms with Gasteiger partial charge in [-0.1, -0.05) is 0 Å². The maximum absolute atomic E-state index is 12.8. The van der Waals surface area contributed by atoms with Crippen molar-refractivity contribution in [2.45, 2.75) is 6.11 Å². The summed E-state index contributed by atoms with van der Waals surface area (Å²) in [7, 11) is 0. The second kappa shape index (κ2) is 3.95. The molecule has 0 fully saturated rings. The molecule has 1 rings (SSSR count). The lowest BCUT2D eigenvalue weighted by Crippen LogP contribution is -2.23. The normalized spacial score (nSPS) is 11.3. The lowest BCUT2D eigenvalue weighted by molar-refractivity contribution is -0.219. The molecule has 8 heteroatoms. The molecule has 0 saturated carbocycles. The summed E-state index contributed by atoms with van der Waals surface area (Å²) in [4.78, 5) is 9.86. The number of ether oxygens (including phenoxy) is 1. The predicted octanol–water partition coefficient (Wildman–Crippen LogP) is 2.85. The van der Waals surface area contributed by atoms with Crippen molar-refractivity contribution >= 4 is 6.16 Å². The van der Waals surface area contributed by atoms with Crippen LogP contribution in [-0.4, -0.2) is 11.3 Å². The molecule has 0 amide bonds. The quantitative estimate of drug-likeness (QED) is 0.492. The van der Waals surface area contributed by atoms with Gasteiger partial charge in [0.25, 0.3) is 0 Å². The van der Waals surface area contributed by atoms with Gasteiger partial charge in [-0.3, -0.25) is 0 Å². The van der Waals surface area contributed by atoms with Gasteiger partial charge in [-0.05, 0) is 12.1 Å². The highest BCUT2D eigenvalue weighted by Gasteiger charge is 2.41. The van der Waals surface area contributed by atoms with E-state index in [4.69, 9.17) is 5.11 Å². The van der Waals surface area contributed by atoms with Crippen LogP contribution in [0.4, 0.5) is 26.7 Å². The second-order valence-corrected chi connectivity index (χ2v) is 2.61. The van der Waals surface area contributed by atoms with Crippen LogP contribution in [0.5, 0.6) is 0 Å². The van der Waals surface area contributed by atoms with Crippen LogP contribution < -0.4 is 0 Å². The number of halogens is 5. The van der Waals surface area contributed by atoms with Crippen molar-refractivity contribution in [3.63, 3.8) is 0 Å². The maximum atomic E-state index is 12.8. The van der Waals surface area contributed by atoms with Crippen LogP contribution in [0.1, 0.15) is 5.56 Å². The molecule has 0 radical (unpaired) electrons. The number of alkyl halides is 2. The van der Waals surface area contributed by atoms with Crippen molar-refractivity contribution in [1.29, 1.82) is 0 Å². The molecule has 0 heterocycles. The van der Waals surface area contributed by atoms with Crippen molar-refractivity contribution in [2.24, 2.45) is 0 Å². The third-order valence-corrected chi connectivity index (χ3v) is 1.56. The summed E-state index contributed by atoms with van der Waals surface area (Å²) in [5.74, 6) is -6.01. The summed E-state index contributed by atoms with van der Waals surface area (Å²) in [5.41, 5.74) is -1.70. The molecule has 0 saturated heterocycles. The molecule has 16 heavy (non-hydrogen) atoms. The molecule has 0 aliphatic heterocycles. The molecule has 1 aromatic rings. The van der Waals surface area contributed by atoms with E-state index < -0.39 is 35.3 Å². The Kier molecular flexibility index (Phi) is 3.02. The number of rotatable bonds is 2. The molecule has 88 valence electrons. The summed E-state index contributed by atoms with van der Waals surface area (Å²) in [6, 6.07) is 0.420. The monoisotopic (exact) mass is 242 g/mol. The molecule has 0 aromatic heterocycles. The van der Waals surface area contributed by atoms with E-state index in [1.807, 2.05) is 0 Å². The lowest BCUT2D eigenvalue weighted by Gasteiger charge is -2.15. The van der Waals surface area contributed by atoms with E-state index in [-0.39, 0.29) is 12.1 Å². The van der Waals surface area contributed by atoms with Crippen LogP contribution in [0.15, 0.2) is 12.1 Å². The third-order valence-electron chi connectivity index (χ3n) is 1.56. The number of hydrogen-bond donors (Lipinski definition) is 1. The molecule has 1 aromatic carbocycles. The van der Waals surface area contributed by atoms with Crippen LogP contribution in [0.2, 0.25) is 0 Å². The standard InChI is InChI=1S/C8H3F5O3/c9-4-2-1-3(5(10)6(4)11)8(12,13)16-7(14)15/h1-2H,(H,14,15). The molecule has 0 aliphatic carbocycles. The van der Waals surface area contributed by atoms with Gasteiger partial charge in [0.1, 0.15) is 5.56 Å². The van der Waals surface area contributed by atoms with Gasteiger partial charge in [0.2, 0.25) is 0 Å². The van der Waals surface area contributed by atoms with Gasteiger partial charge in [0.15, 0.2) is 17.5 Å². The molecule has 0 unspecified atom stereocenters. The Bertz CT molecular complexity index is 432. The smallest absolute Gasteiger partial charge is 0.450 e. The number of hydrogen-bond acceptors (Lipinski definition) is 2. The minimum Gasteiger partial charge on any atom is -0.450 e. The van der Waals surface area contributed by atoms with Crippen molar-refractivity contribution in [2.75, 3.05) is 0 Å². The minimum atomic E-state index is -4.59. The number of carbonyl (C=O) groups is 1. The highest BCUT2D eigenvalue weighted by atomic mass is 19.3. The predicted molar refractivity (Wildman–Crippen MR) is 39.3 cm³/mol. The lowest BCUT2D eigenvalue weighted by atomic mass is 10.2. The summed E-state index contributed by atoms with van der Waals surface area (Å²) >= 11 is 0. The zero-order valence-electron chi connectivity index (χ0n) is 7.31. The van der Waals surface area contributed by atoms with Gasteiger partial charge in [-0.15, -0.1) is 0 Å². The Morgan fingerprint density at radius 2 is 1.75 bits per heavy atom. The van der Waals surface area contributed by atoms with Crippen molar-refractivity contribution in [3.05, 3.63) is 35.1 Å². The number of benzene rings is 1. The van der Waals surface area contributed by atoms with Crippen molar-refractivity contribution in [3.8, 4) is 0 Å². The van der Waals surface area contributed by atoms with Crippen LogP contribution in [0.3, 0.4) is 0 Å². The zero-order valence-corrected chi connectivity index (χ0v) is 7.31. The van der Waals surface area contributed by atoms with Crippen LogP contribution in [0, 0.1) is 17.5 Å². The average molecular weight is 242 g/mol. The Morgan fingerprint density at radius 1 is 1.19 bits per heavy atom. The Labute approximate surface area is 85.1 Å². The fourth-order valence-corrected chi connectivity index (χ4v) is 0.915. The molecule has 1 N–H and O–H groups in total. The van der Waals surface area contributed by atoms with E-state index in [9.17, 15) is 26.7 Å². The first kappa shape index (κ1) is 12.2. The third kappa shape index (κ3) is 2.20. The first-order valence-electron chi connectivity index (χ1n) is 3.69. The fourth-order valence-electron chi connectivity index (χ4n) is 0.915. The van der Waals surface area contributed by atoms with E-state index in [0.717, 1.165) is 0 Å². The highest BCUT2D eigenvalue weighted by Crippen LogP contribution is 2.32. The molecular weight excluding hydrogens is 239 g/mol.